The van der Waals surface area contributed by atoms with Crippen LogP contribution < -0.4 is 0 Å². The summed E-state index contributed by atoms with van der Waals surface area (Å²) < 4.78 is 40.7. The third-order valence-electron chi connectivity index (χ3n) is 9.23. The molecule has 1 aliphatic carbocycles. The number of amides is 1. The summed E-state index contributed by atoms with van der Waals surface area (Å²) >= 11 is 0. The Kier molecular flexibility index (Phi) is 6.97. The lowest BCUT2D eigenvalue weighted by Gasteiger charge is -2.58. The number of benzene rings is 1. The summed E-state index contributed by atoms with van der Waals surface area (Å²) in [6, 6.07) is 7.39. The van der Waals surface area contributed by atoms with Crippen molar-refractivity contribution >= 4 is 5.91 Å². The number of nitrogens with zero attached hydrogens (tertiary/aromatic N) is 3. The van der Waals surface area contributed by atoms with Crippen LogP contribution in [0.25, 0.3) is 0 Å². The number of aryl methyl sites for hydroxylation is 1. The Hall–Kier alpha value is -2.65. The van der Waals surface area contributed by atoms with Crippen LogP contribution in [-0.4, -0.2) is 68.7 Å². The van der Waals surface area contributed by atoms with Gasteiger partial charge in [0.05, 0.1) is 17.6 Å². The van der Waals surface area contributed by atoms with Gasteiger partial charge in [-0.15, -0.1) is 0 Å². The second-order valence-corrected chi connectivity index (χ2v) is 11.4. The SMILES string of the molecule is Cc1cc(C(F)(F)F)c(O)cc1C12CCN(C(=O)Cc3ccccn3)CCC1(O)C(C)N(CC1CC1)CC2. The minimum Gasteiger partial charge on any atom is -0.507 e. The molecule has 2 aromatic rings. The number of hydrogen-bond donors (Lipinski definition) is 2. The Morgan fingerprint density at radius 1 is 1.13 bits per heavy atom. The summed E-state index contributed by atoms with van der Waals surface area (Å²) in [5.41, 5.74) is -1.67. The quantitative estimate of drug-likeness (QED) is 0.596. The monoisotopic (exact) mass is 531 g/mol. The molecule has 0 bridgehead atoms. The fraction of sp³-hybridized carbons (Fsp3) is 0.586. The van der Waals surface area contributed by atoms with Crippen LogP contribution in [0, 0.1) is 12.8 Å². The van der Waals surface area contributed by atoms with Crippen LogP contribution in [0.3, 0.4) is 0 Å². The van der Waals surface area contributed by atoms with Gasteiger partial charge in [0, 0.05) is 43.0 Å². The predicted octanol–water partition coefficient (Wildman–Crippen LogP) is 4.45. The first-order chi connectivity index (χ1) is 17.9. The molecule has 1 saturated carbocycles. The van der Waals surface area contributed by atoms with Gasteiger partial charge in [0.15, 0.2) is 0 Å². The number of piperidine rings is 1. The standard InChI is InChI=1S/C29H36F3N3O3/c1-19-15-24(29(30,31)32)25(36)17-23(19)27-8-12-34(26(37)16-22-5-3-4-11-33-22)14-10-28(27,38)20(2)35(13-9-27)18-21-6-7-21/h3-5,11,15,17,20-21,36,38H,6-10,12-14,16,18H2,1-2H3. The molecule has 3 aliphatic rings. The largest absolute Gasteiger partial charge is 0.507 e. The van der Waals surface area contributed by atoms with Gasteiger partial charge in [-0.3, -0.25) is 14.7 Å². The van der Waals surface area contributed by atoms with E-state index in [9.17, 15) is 28.2 Å². The number of halogens is 3. The molecule has 3 heterocycles. The summed E-state index contributed by atoms with van der Waals surface area (Å²) in [6.45, 7) is 5.92. The number of carbonyl (C=O) groups excluding carboxylic acids is 1. The number of pyridine rings is 1. The third-order valence-corrected chi connectivity index (χ3v) is 9.23. The number of rotatable bonds is 5. The van der Waals surface area contributed by atoms with Crippen molar-refractivity contribution in [3.8, 4) is 5.75 Å². The van der Waals surface area contributed by atoms with Gasteiger partial charge in [-0.2, -0.15) is 13.2 Å². The second-order valence-electron chi connectivity index (χ2n) is 11.4. The van der Waals surface area contributed by atoms with Gasteiger partial charge < -0.3 is 15.1 Å². The number of alkyl halides is 3. The molecule has 1 aromatic heterocycles. The highest BCUT2D eigenvalue weighted by molar-refractivity contribution is 5.78. The van der Waals surface area contributed by atoms with Gasteiger partial charge in [-0.1, -0.05) is 6.07 Å². The van der Waals surface area contributed by atoms with Crippen LogP contribution in [0.4, 0.5) is 13.2 Å². The van der Waals surface area contributed by atoms with Crippen molar-refractivity contribution in [2.75, 3.05) is 26.2 Å². The van der Waals surface area contributed by atoms with E-state index in [4.69, 9.17) is 0 Å². The first-order valence-electron chi connectivity index (χ1n) is 13.5. The summed E-state index contributed by atoms with van der Waals surface area (Å²) in [4.78, 5) is 21.6. The summed E-state index contributed by atoms with van der Waals surface area (Å²) in [5, 5.41) is 23.1. The molecule has 1 amide bonds. The molecule has 0 radical (unpaired) electrons. The zero-order chi connectivity index (χ0) is 27.3. The summed E-state index contributed by atoms with van der Waals surface area (Å²) in [7, 11) is 0. The van der Waals surface area contributed by atoms with Gasteiger partial charge in [-0.25, -0.2) is 0 Å². The van der Waals surface area contributed by atoms with E-state index in [0.717, 1.165) is 12.6 Å². The van der Waals surface area contributed by atoms with E-state index in [1.165, 1.54) is 18.9 Å². The molecule has 206 valence electrons. The molecule has 6 nitrogen and oxygen atoms in total. The van der Waals surface area contributed by atoms with Gasteiger partial charge in [0.25, 0.3) is 0 Å². The van der Waals surface area contributed by atoms with Crippen LogP contribution in [0.1, 0.15) is 61.4 Å². The number of aromatic nitrogens is 1. The molecule has 1 aromatic carbocycles. The van der Waals surface area contributed by atoms with E-state index in [1.54, 1.807) is 30.2 Å². The molecule has 2 aliphatic heterocycles. The average Bonchev–Trinajstić information content (AvgIpc) is 3.70. The molecule has 3 atom stereocenters. The van der Waals surface area contributed by atoms with Crippen LogP contribution in [0.5, 0.6) is 5.75 Å². The minimum atomic E-state index is -4.68. The number of likely N-dealkylation sites (tertiary alicyclic amines) is 2. The van der Waals surface area contributed by atoms with Gasteiger partial charge in [-0.05, 0) is 93.8 Å². The predicted molar refractivity (Wildman–Crippen MR) is 137 cm³/mol. The Morgan fingerprint density at radius 3 is 2.50 bits per heavy atom. The highest BCUT2D eigenvalue weighted by Gasteiger charge is 2.60. The highest BCUT2D eigenvalue weighted by atomic mass is 19.4. The summed E-state index contributed by atoms with van der Waals surface area (Å²) in [6.07, 6.45) is 0.691. The fourth-order valence-electron chi connectivity index (χ4n) is 6.82. The van der Waals surface area contributed by atoms with E-state index in [1.807, 2.05) is 13.0 Å². The lowest BCUT2D eigenvalue weighted by Crippen LogP contribution is -2.68. The van der Waals surface area contributed by atoms with Crippen LogP contribution in [0.2, 0.25) is 0 Å². The van der Waals surface area contributed by atoms with Crippen molar-refractivity contribution in [1.29, 1.82) is 0 Å². The van der Waals surface area contributed by atoms with Crippen LogP contribution in [-0.2, 0) is 22.8 Å². The number of aliphatic hydroxyl groups is 1. The van der Waals surface area contributed by atoms with Gasteiger partial charge in [0.1, 0.15) is 5.75 Å². The maximum absolute atomic E-state index is 13.6. The molecule has 2 N–H and O–H groups in total. The zero-order valence-corrected chi connectivity index (χ0v) is 22.0. The summed E-state index contributed by atoms with van der Waals surface area (Å²) in [5.74, 6) is -0.293. The number of carbonyl (C=O) groups is 1. The molecule has 0 spiro atoms. The maximum atomic E-state index is 13.6. The Bertz CT molecular complexity index is 1190. The van der Waals surface area contributed by atoms with Crippen molar-refractivity contribution in [2.45, 2.75) is 75.6 Å². The first kappa shape index (κ1) is 26.9. The number of aromatic hydroxyl groups is 1. The van der Waals surface area contributed by atoms with E-state index in [0.29, 0.717) is 61.6 Å². The molecule has 3 unspecified atom stereocenters. The van der Waals surface area contributed by atoms with Gasteiger partial charge in [0.2, 0.25) is 5.91 Å². The van der Waals surface area contributed by atoms with Crippen molar-refractivity contribution in [2.24, 2.45) is 5.92 Å². The average molecular weight is 532 g/mol. The second kappa shape index (κ2) is 9.83. The molecular weight excluding hydrogens is 495 g/mol. The number of phenols is 1. The van der Waals surface area contributed by atoms with Crippen LogP contribution in [0.15, 0.2) is 36.5 Å². The van der Waals surface area contributed by atoms with Gasteiger partial charge >= 0.3 is 6.18 Å². The topological polar surface area (TPSA) is 76.9 Å². The van der Waals surface area contributed by atoms with Crippen molar-refractivity contribution in [3.63, 3.8) is 0 Å². The molecule has 2 saturated heterocycles. The van der Waals surface area contributed by atoms with Crippen molar-refractivity contribution in [3.05, 3.63) is 58.9 Å². The number of phenolic OH excluding ortho intramolecular Hbond substituents is 1. The lowest BCUT2D eigenvalue weighted by molar-refractivity contribution is -0.139. The molecule has 5 rings (SSSR count). The third kappa shape index (κ3) is 4.79. The zero-order valence-electron chi connectivity index (χ0n) is 22.0. The van der Waals surface area contributed by atoms with Crippen molar-refractivity contribution in [1.82, 2.24) is 14.8 Å². The minimum absolute atomic E-state index is 0.0874. The van der Waals surface area contributed by atoms with E-state index >= 15 is 0 Å². The Morgan fingerprint density at radius 2 is 1.84 bits per heavy atom. The van der Waals surface area contributed by atoms with E-state index in [2.05, 4.69) is 9.88 Å². The normalized spacial score (nSPS) is 28.6. The molecular formula is C29H36F3N3O3. The Balaban J connectivity index is 1.52. The van der Waals surface area contributed by atoms with E-state index < -0.39 is 28.5 Å². The van der Waals surface area contributed by atoms with Crippen LogP contribution >= 0.6 is 0 Å². The smallest absolute Gasteiger partial charge is 0.419 e. The number of fused-ring (bicyclic) bond motifs is 1. The Labute approximate surface area is 221 Å². The van der Waals surface area contributed by atoms with Crippen molar-refractivity contribution < 1.29 is 28.2 Å². The van der Waals surface area contributed by atoms with E-state index in [-0.39, 0.29) is 18.4 Å². The highest BCUT2D eigenvalue weighted by Crippen LogP contribution is 2.54. The fourth-order valence-corrected chi connectivity index (χ4v) is 6.82. The molecule has 3 fully saturated rings. The maximum Gasteiger partial charge on any atom is 0.419 e. The number of hydrogen-bond acceptors (Lipinski definition) is 5. The first-order valence-corrected chi connectivity index (χ1v) is 13.5. The molecule has 38 heavy (non-hydrogen) atoms. The molecule has 9 heteroatoms. The lowest BCUT2D eigenvalue weighted by atomic mass is 9.57.